The lowest BCUT2D eigenvalue weighted by atomic mass is 9.92. The molecular weight excluding hydrogens is 190 g/mol. The van der Waals surface area contributed by atoms with E-state index in [4.69, 9.17) is 9.47 Å². The molecule has 1 aliphatic carbocycles. The van der Waals surface area contributed by atoms with E-state index in [1.54, 1.807) is 7.11 Å². The summed E-state index contributed by atoms with van der Waals surface area (Å²) < 4.78 is 10.8. The van der Waals surface area contributed by atoms with Crippen molar-refractivity contribution < 1.29 is 9.47 Å². The van der Waals surface area contributed by atoms with Crippen LogP contribution in [0.4, 0.5) is 0 Å². The van der Waals surface area contributed by atoms with Crippen molar-refractivity contribution in [1.29, 1.82) is 0 Å². The topological polar surface area (TPSA) is 30.5 Å². The Labute approximate surface area is 93.5 Å². The van der Waals surface area contributed by atoms with E-state index in [9.17, 15) is 0 Å². The molecule has 1 fully saturated rings. The minimum absolute atomic E-state index is 0.0694. The number of nitrogens with one attached hydrogen (secondary N) is 1. The summed E-state index contributed by atoms with van der Waals surface area (Å²) in [5.41, 5.74) is -0.0694. The minimum atomic E-state index is -0.0694. The third-order valence-corrected chi connectivity index (χ3v) is 3.33. The van der Waals surface area contributed by atoms with Gasteiger partial charge >= 0.3 is 0 Å². The summed E-state index contributed by atoms with van der Waals surface area (Å²) in [6.07, 6.45) is 5.32. The average molecular weight is 215 g/mol. The molecule has 3 heteroatoms. The van der Waals surface area contributed by atoms with E-state index in [1.165, 1.54) is 19.3 Å². The molecule has 2 atom stereocenters. The highest BCUT2D eigenvalue weighted by molar-refractivity contribution is 4.81. The largest absolute Gasteiger partial charge is 0.381 e. The monoisotopic (exact) mass is 215 g/mol. The Morgan fingerprint density at radius 1 is 1.27 bits per heavy atom. The highest BCUT2D eigenvalue weighted by Crippen LogP contribution is 2.21. The van der Waals surface area contributed by atoms with Crippen LogP contribution in [-0.2, 0) is 9.47 Å². The van der Waals surface area contributed by atoms with Gasteiger partial charge in [-0.25, -0.2) is 0 Å². The van der Waals surface area contributed by atoms with Crippen LogP contribution in [0.15, 0.2) is 0 Å². The highest BCUT2D eigenvalue weighted by Gasteiger charge is 2.24. The van der Waals surface area contributed by atoms with Crippen molar-refractivity contribution in [3.05, 3.63) is 0 Å². The predicted molar refractivity (Wildman–Crippen MR) is 62.1 cm³/mol. The lowest BCUT2D eigenvalue weighted by molar-refractivity contribution is 0.0135. The van der Waals surface area contributed by atoms with Gasteiger partial charge < -0.3 is 14.8 Å². The second kappa shape index (κ2) is 5.83. The molecule has 2 unspecified atom stereocenters. The fourth-order valence-corrected chi connectivity index (χ4v) is 2.01. The Bertz CT molecular complexity index is 182. The Morgan fingerprint density at radius 3 is 2.60 bits per heavy atom. The van der Waals surface area contributed by atoms with Crippen LogP contribution < -0.4 is 5.32 Å². The van der Waals surface area contributed by atoms with Gasteiger partial charge in [0.05, 0.1) is 11.7 Å². The van der Waals surface area contributed by atoms with Crippen LogP contribution in [0, 0.1) is 0 Å². The molecule has 15 heavy (non-hydrogen) atoms. The van der Waals surface area contributed by atoms with Gasteiger partial charge in [0.25, 0.3) is 0 Å². The Hall–Kier alpha value is -0.120. The van der Waals surface area contributed by atoms with Gasteiger partial charge in [0.1, 0.15) is 0 Å². The molecule has 1 saturated carbocycles. The maximum atomic E-state index is 5.41. The summed E-state index contributed by atoms with van der Waals surface area (Å²) >= 11 is 0. The molecule has 1 N–H and O–H groups in total. The van der Waals surface area contributed by atoms with Crippen LogP contribution in [0.25, 0.3) is 0 Å². The normalized spacial score (nSPS) is 28.0. The van der Waals surface area contributed by atoms with Crippen molar-refractivity contribution >= 4 is 0 Å². The molecule has 0 radical (unpaired) electrons. The number of hydrogen-bond acceptors (Lipinski definition) is 3. The molecular formula is C12H25NO2. The van der Waals surface area contributed by atoms with Gasteiger partial charge in [-0.15, -0.1) is 0 Å². The van der Waals surface area contributed by atoms with Crippen LogP contribution >= 0.6 is 0 Å². The van der Waals surface area contributed by atoms with E-state index >= 15 is 0 Å². The first-order valence-electron chi connectivity index (χ1n) is 5.89. The van der Waals surface area contributed by atoms with Crippen LogP contribution in [0.5, 0.6) is 0 Å². The molecule has 0 bridgehead atoms. The van der Waals surface area contributed by atoms with Crippen LogP contribution in [0.1, 0.15) is 39.5 Å². The van der Waals surface area contributed by atoms with Crippen molar-refractivity contribution in [3.8, 4) is 0 Å². The average Bonchev–Trinajstić information content (AvgIpc) is 2.27. The van der Waals surface area contributed by atoms with Gasteiger partial charge in [0.2, 0.25) is 0 Å². The van der Waals surface area contributed by atoms with Gasteiger partial charge in [-0.3, -0.25) is 0 Å². The standard InChI is InChI=1S/C12H25NO2/c1-12(2,15-4)9-13-10-6-5-7-11(8-10)14-3/h10-11,13H,5-9H2,1-4H3. The van der Waals surface area contributed by atoms with Crippen molar-refractivity contribution in [2.45, 2.75) is 57.3 Å². The predicted octanol–water partition coefficient (Wildman–Crippen LogP) is 1.96. The number of rotatable bonds is 5. The molecule has 0 aromatic rings. The molecule has 0 heterocycles. The van der Waals surface area contributed by atoms with E-state index in [0.29, 0.717) is 12.1 Å². The summed E-state index contributed by atoms with van der Waals surface area (Å²) in [7, 11) is 3.58. The molecule has 0 aromatic carbocycles. The molecule has 0 spiro atoms. The Kier molecular flexibility index (Phi) is 5.03. The van der Waals surface area contributed by atoms with E-state index in [-0.39, 0.29) is 5.60 Å². The van der Waals surface area contributed by atoms with E-state index in [1.807, 2.05) is 7.11 Å². The zero-order valence-corrected chi connectivity index (χ0v) is 10.5. The number of ether oxygens (including phenoxy) is 2. The van der Waals surface area contributed by atoms with Crippen LogP contribution in [-0.4, -0.2) is 38.5 Å². The summed E-state index contributed by atoms with van der Waals surface area (Å²) in [5.74, 6) is 0. The van der Waals surface area contributed by atoms with Crippen molar-refractivity contribution in [1.82, 2.24) is 5.32 Å². The summed E-state index contributed by atoms with van der Waals surface area (Å²) in [6.45, 7) is 5.12. The first-order valence-corrected chi connectivity index (χ1v) is 5.89. The number of hydrogen-bond donors (Lipinski definition) is 1. The maximum absolute atomic E-state index is 5.41. The summed E-state index contributed by atoms with van der Waals surface area (Å²) in [5, 5.41) is 3.57. The van der Waals surface area contributed by atoms with Crippen LogP contribution in [0.3, 0.4) is 0 Å². The van der Waals surface area contributed by atoms with Gasteiger partial charge in [-0.1, -0.05) is 0 Å². The first-order chi connectivity index (χ1) is 7.07. The fourth-order valence-electron chi connectivity index (χ4n) is 2.01. The lowest BCUT2D eigenvalue weighted by Gasteiger charge is -2.32. The summed E-state index contributed by atoms with van der Waals surface area (Å²) in [4.78, 5) is 0. The molecule has 0 saturated heterocycles. The number of methoxy groups -OCH3 is 2. The first kappa shape index (κ1) is 12.9. The Balaban J connectivity index is 2.26. The molecule has 3 nitrogen and oxygen atoms in total. The molecule has 90 valence electrons. The van der Waals surface area contributed by atoms with Gasteiger partial charge in [-0.05, 0) is 39.5 Å². The second-order valence-electron chi connectivity index (χ2n) is 5.07. The highest BCUT2D eigenvalue weighted by atomic mass is 16.5. The zero-order chi connectivity index (χ0) is 11.3. The Morgan fingerprint density at radius 2 is 2.00 bits per heavy atom. The minimum Gasteiger partial charge on any atom is -0.381 e. The SMILES string of the molecule is COC1CCCC(NCC(C)(C)OC)C1. The molecule has 1 rings (SSSR count). The van der Waals surface area contributed by atoms with Crippen molar-refractivity contribution in [2.24, 2.45) is 0 Å². The van der Waals surface area contributed by atoms with Gasteiger partial charge in [-0.2, -0.15) is 0 Å². The smallest absolute Gasteiger partial charge is 0.0746 e. The molecule has 0 aromatic heterocycles. The second-order valence-corrected chi connectivity index (χ2v) is 5.07. The van der Waals surface area contributed by atoms with E-state index in [2.05, 4.69) is 19.2 Å². The third-order valence-electron chi connectivity index (χ3n) is 3.33. The van der Waals surface area contributed by atoms with Crippen molar-refractivity contribution in [3.63, 3.8) is 0 Å². The molecule has 0 aliphatic heterocycles. The lowest BCUT2D eigenvalue weighted by Crippen LogP contribution is -2.44. The zero-order valence-electron chi connectivity index (χ0n) is 10.5. The molecule has 0 amide bonds. The maximum Gasteiger partial charge on any atom is 0.0746 e. The molecule has 1 aliphatic rings. The fraction of sp³-hybridized carbons (Fsp3) is 1.00. The third kappa shape index (κ3) is 4.49. The van der Waals surface area contributed by atoms with E-state index < -0.39 is 0 Å². The van der Waals surface area contributed by atoms with E-state index in [0.717, 1.165) is 13.0 Å². The van der Waals surface area contributed by atoms with Crippen LogP contribution in [0.2, 0.25) is 0 Å². The van der Waals surface area contributed by atoms with Crippen molar-refractivity contribution in [2.75, 3.05) is 20.8 Å². The summed E-state index contributed by atoms with van der Waals surface area (Å²) in [6, 6.07) is 0.595. The van der Waals surface area contributed by atoms with Gasteiger partial charge in [0.15, 0.2) is 0 Å². The quantitative estimate of drug-likeness (QED) is 0.760. The van der Waals surface area contributed by atoms with Gasteiger partial charge in [0, 0.05) is 26.8 Å².